The number of nitrogens with one attached hydrogen (secondary N) is 2. The Bertz CT molecular complexity index is 1020. The maximum atomic E-state index is 12.6. The number of amides is 2. The number of benzene rings is 2. The third kappa shape index (κ3) is 4.23. The van der Waals surface area contributed by atoms with E-state index in [2.05, 4.69) is 10.0 Å². The van der Waals surface area contributed by atoms with Crippen molar-refractivity contribution in [2.45, 2.75) is 31.6 Å². The van der Waals surface area contributed by atoms with Gasteiger partial charge < -0.3 is 10.2 Å². The molecular weight excluding hydrogens is 378 g/mol. The van der Waals surface area contributed by atoms with E-state index in [4.69, 9.17) is 0 Å². The van der Waals surface area contributed by atoms with Gasteiger partial charge in [0.1, 0.15) is 0 Å². The summed E-state index contributed by atoms with van der Waals surface area (Å²) in [4.78, 5) is 26.3. The zero-order chi connectivity index (χ0) is 20.3. The normalized spacial score (nSPS) is 14.4. The maximum Gasteiger partial charge on any atom is 0.255 e. The minimum absolute atomic E-state index is 0.0427. The van der Waals surface area contributed by atoms with E-state index in [-0.39, 0.29) is 22.9 Å². The second-order valence-electron chi connectivity index (χ2n) is 6.63. The third-order valence-electron chi connectivity index (χ3n) is 4.56. The summed E-state index contributed by atoms with van der Waals surface area (Å²) >= 11 is 0. The molecule has 1 aliphatic heterocycles. The molecule has 0 atom stereocenters. The highest BCUT2D eigenvalue weighted by Crippen LogP contribution is 2.27. The molecule has 3 rings (SSSR count). The number of carbonyl (C=O) groups excluding carboxylic acids is 2. The van der Waals surface area contributed by atoms with E-state index in [0.717, 1.165) is 17.7 Å². The van der Waals surface area contributed by atoms with Gasteiger partial charge in [0.05, 0.1) is 4.90 Å². The van der Waals surface area contributed by atoms with E-state index in [9.17, 15) is 18.0 Å². The smallest absolute Gasteiger partial charge is 0.255 e. The first-order valence-corrected chi connectivity index (χ1v) is 10.6. The number of hydrogen-bond donors (Lipinski definition) is 2. The van der Waals surface area contributed by atoms with E-state index in [1.54, 1.807) is 30.0 Å². The maximum absolute atomic E-state index is 12.6. The third-order valence-corrected chi connectivity index (χ3v) is 6.10. The highest BCUT2D eigenvalue weighted by Gasteiger charge is 2.23. The van der Waals surface area contributed by atoms with E-state index >= 15 is 0 Å². The summed E-state index contributed by atoms with van der Waals surface area (Å²) < 4.78 is 26.7. The van der Waals surface area contributed by atoms with Gasteiger partial charge >= 0.3 is 0 Å². The fourth-order valence-electron chi connectivity index (χ4n) is 3.22. The fourth-order valence-corrected chi connectivity index (χ4v) is 4.31. The largest absolute Gasteiger partial charge is 0.322 e. The molecule has 28 heavy (non-hydrogen) atoms. The Kier molecular flexibility index (Phi) is 5.81. The number of hydrogen-bond acceptors (Lipinski definition) is 4. The first-order valence-electron chi connectivity index (χ1n) is 9.14. The van der Waals surface area contributed by atoms with Crippen molar-refractivity contribution in [1.82, 2.24) is 4.72 Å². The van der Waals surface area contributed by atoms with Gasteiger partial charge in [-0.1, -0.05) is 13.0 Å². The van der Waals surface area contributed by atoms with Crippen LogP contribution >= 0.6 is 0 Å². The van der Waals surface area contributed by atoms with Crippen molar-refractivity contribution < 1.29 is 18.0 Å². The van der Waals surface area contributed by atoms with Gasteiger partial charge in [0.2, 0.25) is 15.9 Å². The zero-order valence-electron chi connectivity index (χ0n) is 15.9. The molecule has 2 aromatic carbocycles. The van der Waals surface area contributed by atoms with Gasteiger partial charge in [-0.15, -0.1) is 0 Å². The molecule has 1 aliphatic rings. The standard InChI is InChI=1S/C20H23N3O4S/c1-3-21-28(26,27)17-7-4-6-15(13-17)20(25)22-16-9-10-18(14(2)12-16)23-11-5-8-19(23)24/h4,6-7,9-10,12-13,21H,3,5,8,11H2,1-2H3,(H,22,25). The second kappa shape index (κ2) is 8.12. The van der Waals surface area contributed by atoms with Gasteiger partial charge in [-0.3, -0.25) is 9.59 Å². The highest BCUT2D eigenvalue weighted by atomic mass is 32.2. The number of rotatable bonds is 6. The lowest BCUT2D eigenvalue weighted by Crippen LogP contribution is -2.24. The van der Waals surface area contributed by atoms with E-state index in [0.29, 0.717) is 18.7 Å². The predicted octanol–water partition coefficient (Wildman–Crippen LogP) is 2.67. The lowest BCUT2D eigenvalue weighted by Gasteiger charge is -2.19. The molecule has 2 aromatic rings. The van der Waals surface area contributed by atoms with Crippen LogP contribution in [0.2, 0.25) is 0 Å². The molecule has 0 unspecified atom stereocenters. The topological polar surface area (TPSA) is 95.6 Å². The Morgan fingerprint density at radius 3 is 2.61 bits per heavy atom. The molecular formula is C20H23N3O4S. The predicted molar refractivity (Wildman–Crippen MR) is 108 cm³/mol. The summed E-state index contributed by atoms with van der Waals surface area (Å²) in [6.45, 7) is 4.55. The van der Waals surface area contributed by atoms with Crippen LogP contribution in [-0.4, -0.2) is 33.3 Å². The molecule has 8 heteroatoms. The Labute approximate surface area is 164 Å². The van der Waals surface area contributed by atoms with Crippen molar-refractivity contribution in [2.24, 2.45) is 0 Å². The average molecular weight is 401 g/mol. The minimum atomic E-state index is -3.63. The lowest BCUT2D eigenvalue weighted by atomic mass is 10.1. The summed E-state index contributed by atoms with van der Waals surface area (Å²) in [5.74, 6) is -0.295. The first kappa shape index (κ1) is 20.0. The van der Waals surface area contributed by atoms with Crippen LogP contribution in [0, 0.1) is 6.92 Å². The van der Waals surface area contributed by atoms with Crippen LogP contribution < -0.4 is 14.9 Å². The molecule has 0 bridgehead atoms. The molecule has 7 nitrogen and oxygen atoms in total. The number of anilines is 2. The molecule has 2 N–H and O–H groups in total. The van der Waals surface area contributed by atoms with Gasteiger partial charge in [0.15, 0.2) is 0 Å². The molecule has 0 aromatic heterocycles. The van der Waals surface area contributed by atoms with E-state index in [1.165, 1.54) is 18.2 Å². The molecule has 0 radical (unpaired) electrons. The van der Waals surface area contributed by atoms with Crippen molar-refractivity contribution in [3.63, 3.8) is 0 Å². The zero-order valence-corrected chi connectivity index (χ0v) is 16.7. The van der Waals surface area contributed by atoms with Gasteiger partial charge in [0.25, 0.3) is 5.91 Å². The summed E-state index contributed by atoms with van der Waals surface area (Å²) in [5.41, 5.74) is 2.56. The van der Waals surface area contributed by atoms with Crippen LogP contribution in [0.1, 0.15) is 35.7 Å². The Hall–Kier alpha value is -2.71. The molecule has 148 valence electrons. The quantitative estimate of drug-likeness (QED) is 0.778. The van der Waals surface area contributed by atoms with Crippen LogP contribution in [0.25, 0.3) is 0 Å². The van der Waals surface area contributed by atoms with Crippen LogP contribution in [0.3, 0.4) is 0 Å². The summed E-state index contributed by atoms with van der Waals surface area (Å²) in [7, 11) is -3.63. The van der Waals surface area contributed by atoms with Crippen molar-refractivity contribution in [2.75, 3.05) is 23.3 Å². The van der Waals surface area contributed by atoms with Crippen LogP contribution in [0.15, 0.2) is 47.4 Å². The van der Waals surface area contributed by atoms with Gasteiger partial charge in [-0.05, 0) is 55.3 Å². The number of aryl methyl sites for hydroxylation is 1. The molecule has 2 amide bonds. The number of carbonyl (C=O) groups is 2. The van der Waals surface area contributed by atoms with Crippen molar-refractivity contribution >= 4 is 33.2 Å². The van der Waals surface area contributed by atoms with Gasteiger partial charge in [0, 0.05) is 36.4 Å². The Morgan fingerprint density at radius 2 is 1.96 bits per heavy atom. The summed E-state index contributed by atoms with van der Waals surface area (Å²) in [5, 5.41) is 2.78. The fraction of sp³-hybridized carbons (Fsp3) is 0.300. The number of nitrogens with zero attached hydrogens (tertiary/aromatic N) is 1. The molecule has 1 saturated heterocycles. The van der Waals surface area contributed by atoms with E-state index < -0.39 is 15.9 Å². The molecule has 1 fully saturated rings. The lowest BCUT2D eigenvalue weighted by molar-refractivity contribution is -0.117. The Balaban J connectivity index is 1.78. The number of sulfonamides is 1. The van der Waals surface area contributed by atoms with Crippen molar-refractivity contribution in [3.8, 4) is 0 Å². The minimum Gasteiger partial charge on any atom is -0.322 e. The highest BCUT2D eigenvalue weighted by molar-refractivity contribution is 7.89. The molecule has 0 aliphatic carbocycles. The Morgan fingerprint density at radius 1 is 1.18 bits per heavy atom. The first-order chi connectivity index (χ1) is 13.3. The average Bonchev–Trinajstić information content (AvgIpc) is 3.07. The van der Waals surface area contributed by atoms with Crippen molar-refractivity contribution in [1.29, 1.82) is 0 Å². The SMILES string of the molecule is CCNS(=O)(=O)c1cccc(C(=O)Nc2ccc(N3CCCC3=O)c(C)c2)c1. The summed E-state index contributed by atoms with van der Waals surface area (Å²) in [6, 6.07) is 11.2. The van der Waals surface area contributed by atoms with Crippen LogP contribution in [0.5, 0.6) is 0 Å². The van der Waals surface area contributed by atoms with Crippen LogP contribution in [0.4, 0.5) is 11.4 Å². The molecule has 1 heterocycles. The van der Waals surface area contributed by atoms with Gasteiger partial charge in [-0.25, -0.2) is 13.1 Å². The van der Waals surface area contributed by atoms with Crippen molar-refractivity contribution in [3.05, 3.63) is 53.6 Å². The molecule has 0 spiro atoms. The van der Waals surface area contributed by atoms with Crippen LogP contribution in [-0.2, 0) is 14.8 Å². The summed E-state index contributed by atoms with van der Waals surface area (Å²) in [6.07, 6.45) is 1.41. The monoisotopic (exact) mass is 401 g/mol. The second-order valence-corrected chi connectivity index (χ2v) is 8.40. The van der Waals surface area contributed by atoms with Gasteiger partial charge in [-0.2, -0.15) is 0 Å². The molecule has 0 saturated carbocycles. The van der Waals surface area contributed by atoms with E-state index in [1.807, 2.05) is 13.0 Å².